The van der Waals surface area contributed by atoms with Crippen LogP contribution >= 0.6 is 0 Å². The number of aromatic nitrogens is 2. The Morgan fingerprint density at radius 1 is 1.44 bits per heavy atom. The van der Waals surface area contributed by atoms with Gasteiger partial charge < -0.3 is 15.0 Å². The van der Waals surface area contributed by atoms with Crippen LogP contribution in [0.4, 0.5) is 11.6 Å². The molecule has 0 radical (unpaired) electrons. The molecule has 1 aromatic rings. The first-order valence-corrected chi connectivity index (χ1v) is 5.85. The third kappa shape index (κ3) is 4.18. The molecule has 0 unspecified atom stereocenters. The van der Waals surface area contributed by atoms with E-state index in [-0.39, 0.29) is 0 Å². The summed E-state index contributed by atoms with van der Waals surface area (Å²) >= 11 is 0. The first-order valence-electron chi connectivity index (χ1n) is 5.85. The van der Waals surface area contributed by atoms with Gasteiger partial charge in [-0.05, 0) is 6.92 Å². The number of anilines is 2. The molecular weight excluding hydrogens is 230 g/mol. The number of rotatable bonds is 7. The van der Waals surface area contributed by atoms with Crippen LogP contribution in [-0.4, -0.2) is 43.8 Å². The van der Waals surface area contributed by atoms with Crippen molar-refractivity contribution in [3.63, 3.8) is 0 Å². The highest BCUT2D eigenvalue weighted by Crippen LogP contribution is 2.15. The van der Waals surface area contributed by atoms with Gasteiger partial charge in [-0.2, -0.15) is 5.26 Å². The van der Waals surface area contributed by atoms with Gasteiger partial charge in [0.1, 0.15) is 17.5 Å². The molecule has 1 aromatic heterocycles. The quantitative estimate of drug-likeness (QED) is 0.782. The Morgan fingerprint density at radius 3 is 2.83 bits per heavy atom. The summed E-state index contributed by atoms with van der Waals surface area (Å²) in [6, 6.07) is 4.02. The Morgan fingerprint density at radius 2 is 2.22 bits per heavy atom. The molecule has 0 amide bonds. The highest BCUT2D eigenvalue weighted by atomic mass is 16.5. The van der Waals surface area contributed by atoms with Crippen molar-refractivity contribution in [2.75, 3.05) is 44.1 Å². The van der Waals surface area contributed by atoms with E-state index in [1.165, 1.54) is 0 Å². The van der Waals surface area contributed by atoms with E-state index >= 15 is 0 Å². The lowest BCUT2D eigenvalue weighted by atomic mass is 10.3. The minimum atomic E-state index is 0.460. The normalized spacial score (nSPS) is 9.89. The van der Waals surface area contributed by atoms with Crippen molar-refractivity contribution in [3.8, 4) is 6.07 Å². The first kappa shape index (κ1) is 14.2. The molecule has 1 heterocycles. The summed E-state index contributed by atoms with van der Waals surface area (Å²) in [5.74, 6) is 2.30. The Bertz CT molecular complexity index is 415. The van der Waals surface area contributed by atoms with Gasteiger partial charge in [-0.3, -0.25) is 0 Å². The van der Waals surface area contributed by atoms with Crippen molar-refractivity contribution in [2.24, 2.45) is 0 Å². The van der Waals surface area contributed by atoms with Crippen molar-refractivity contribution in [1.82, 2.24) is 9.97 Å². The van der Waals surface area contributed by atoms with Crippen molar-refractivity contribution in [3.05, 3.63) is 11.9 Å². The second-order valence-electron chi connectivity index (χ2n) is 3.80. The van der Waals surface area contributed by atoms with Crippen LogP contribution in [0.3, 0.4) is 0 Å². The van der Waals surface area contributed by atoms with Crippen molar-refractivity contribution in [1.29, 1.82) is 5.26 Å². The van der Waals surface area contributed by atoms with Gasteiger partial charge in [-0.15, -0.1) is 0 Å². The molecule has 0 spiro atoms. The van der Waals surface area contributed by atoms with E-state index < -0.39 is 0 Å². The highest BCUT2D eigenvalue weighted by molar-refractivity contribution is 5.49. The molecule has 6 nitrogen and oxygen atoms in total. The maximum Gasteiger partial charge on any atom is 0.134 e. The molecule has 6 heteroatoms. The summed E-state index contributed by atoms with van der Waals surface area (Å²) in [6.45, 7) is 3.80. The molecule has 0 atom stereocenters. The highest BCUT2D eigenvalue weighted by Gasteiger charge is 2.09. The summed E-state index contributed by atoms with van der Waals surface area (Å²) in [6.07, 6.45) is 0.460. The molecular formula is C12H19N5O. The Labute approximate surface area is 108 Å². The van der Waals surface area contributed by atoms with Crippen LogP contribution in [0.5, 0.6) is 0 Å². The standard InChI is InChI=1S/C12H19N5O/c1-10-15-11(14-2)9-12(16-10)17(6-4-5-13)7-8-18-3/h9H,4,6-8H2,1-3H3,(H,14,15,16). The molecule has 0 saturated carbocycles. The van der Waals surface area contributed by atoms with Crippen molar-refractivity contribution >= 4 is 11.6 Å². The van der Waals surface area contributed by atoms with E-state index in [0.29, 0.717) is 31.9 Å². The number of nitrogens with one attached hydrogen (secondary N) is 1. The Kier molecular flexibility index (Phi) is 5.88. The minimum absolute atomic E-state index is 0.460. The third-order valence-corrected chi connectivity index (χ3v) is 2.46. The molecule has 0 aliphatic rings. The van der Waals surface area contributed by atoms with Gasteiger partial charge in [-0.25, -0.2) is 9.97 Å². The predicted molar refractivity (Wildman–Crippen MR) is 70.6 cm³/mol. The topological polar surface area (TPSA) is 74.1 Å². The average Bonchev–Trinajstić information content (AvgIpc) is 2.38. The summed E-state index contributed by atoms with van der Waals surface area (Å²) in [5.41, 5.74) is 0. The predicted octanol–water partition coefficient (Wildman–Crippen LogP) is 1.19. The zero-order valence-corrected chi connectivity index (χ0v) is 11.1. The van der Waals surface area contributed by atoms with Crippen molar-refractivity contribution in [2.45, 2.75) is 13.3 Å². The SMILES string of the molecule is CNc1cc(N(CCC#N)CCOC)nc(C)n1. The van der Waals surface area contributed by atoms with Crippen LogP contribution in [0.25, 0.3) is 0 Å². The van der Waals surface area contributed by atoms with Crippen LogP contribution in [0.1, 0.15) is 12.2 Å². The van der Waals surface area contributed by atoms with E-state index in [0.717, 1.165) is 11.6 Å². The number of ether oxygens (including phenoxy) is 1. The number of hydrogen-bond donors (Lipinski definition) is 1. The van der Waals surface area contributed by atoms with E-state index in [4.69, 9.17) is 10.00 Å². The fourth-order valence-corrected chi connectivity index (χ4v) is 1.57. The molecule has 0 saturated heterocycles. The zero-order chi connectivity index (χ0) is 13.4. The van der Waals surface area contributed by atoms with Crippen LogP contribution in [0, 0.1) is 18.3 Å². The number of aryl methyl sites for hydroxylation is 1. The van der Waals surface area contributed by atoms with E-state index in [1.54, 1.807) is 7.11 Å². The van der Waals surface area contributed by atoms with Gasteiger partial charge in [0.2, 0.25) is 0 Å². The third-order valence-electron chi connectivity index (χ3n) is 2.46. The van der Waals surface area contributed by atoms with Gasteiger partial charge in [-0.1, -0.05) is 0 Å². The lowest BCUT2D eigenvalue weighted by Gasteiger charge is -2.22. The van der Waals surface area contributed by atoms with Gasteiger partial charge in [0.25, 0.3) is 0 Å². The van der Waals surface area contributed by atoms with Crippen LogP contribution in [0.15, 0.2) is 6.07 Å². The molecule has 0 bridgehead atoms. The molecule has 1 N–H and O–H groups in total. The Hall–Kier alpha value is -1.87. The number of hydrogen-bond acceptors (Lipinski definition) is 6. The van der Waals surface area contributed by atoms with Gasteiger partial charge in [0, 0.05) is 33.3 Å². The summed E-state index contributed by atoms with van der Waals surface area (Å²) in [7, 11) is 3.48. The number of nitriles is 1. The monoisotopic (exact) mass is 249 g/mol. The van der Waals surface area contributed by atoms with E-state index in [1.807, 2.05) is 24.9 Å². The van der Waals surface area contributed by atoms with Crippen molar-refractivity contribution < 1.29 is 4.74 Å². The van der Waals surface area contributed by atoms with Gasteiger partial charge >= 0.3 is 0 Å². The molecule has 1 rings (SSSR count). The van der Waals surface area contributed by atoms with E-state index in [2.05, 4.69) is 21.4 Å². The maximum atomic E-state index is 8.69. The summed E-state index contributed by atoms with van der Waals surface area (Å²) < 4.78 is 5.08. The molecule has 0 aromatic carbocycles. The van der Waals surface area contributed by atoms with E-state index in [9.17, 15) is 0 Å². The fraction of sp³-hybridized carbons (Fsp3) is 0.583. The second kappa shape index (κ2) is 7.45. The maximum absolute atomic E-state index is 8.69. The van der Waals surface area contributed by atoms with Crippen LogP contribution in [-0.2, 0) is 4.74 Å². The molecule has 18 heavy (non-hydrogen) atoms. The smallest absolute Gasteiger partial charge is 0.134 e. The Balaban J connectivity index is 2.88. The fourth-order valence-electron chi connectivity index (χ4n) is 1.57. The molecule has 0 aliphatic heterocycles. The summed E-state index contributed by atoms with van der Waals surface area (Å²) in [5, 5.41) is 11.7. The molecule has 0 aliphatic carbocycles. The van der Waals surface area contributed by atoms with Gasteiger partial charge in [0.15, 0.2) is 0 Å². The summed E-state index contributed by atoms with van der Waals surface area (Å²) in [4.78, 5) is 10.7. The second-order valence-corrected chi connectivity index (χ2v) is 3.80. The number of methoxy groups -OCH3 is 1. The number of nitrogens with zero attached hydrogens (tertiary/aromatic N) is 4. The zero-order valence-electron chi connectivity index (χ0n) is 11.1. The van der Waals surface area contributed by atoms with Gasteiger partial charge in [0.05, 0.1) is 19.1 Å². The molecule has 98 valence electrons. The van der Waals surface area contributed by atoms with Crippen LogP contribution in [0.2, 0.25) is 0 Å². The largest absolute Gasteiger partial charge is 0.383 e. The lowest BCUT2D eigenvalue weighted by molar-refractivity contribution is 0.205. The lowest BCUT2D eigenvalue weighted by Crippen LogP contribution is -2.29. The average molecular weight is 249 g/mol. The molecule has 0 fully saturated rings. The first-order chi connectivity index (χ1) is 8.71. The van der Waals surface area contributed by atoms with Crippen LogP contribution < -0.4 is 10.2 Å². The minimum Gasteiger partial charge on any atom is -0.383 e.